The van der Waals surface area contributed by atoms with E-state index in [1.165, 1.54) is 12.3 Å². The molecule has 0 aliphatic carbocycles. The third kappa shape index (κ3) is 3.18. The molecule has 1 atom stereocenters. The lowest BCUT2D eigenvalue weighted by molar-refractivity contribution is 0.555. The smallest absolute Gasteiger partial charge is 0.242 e. The molecule has 2 N–H and O–H groups in total. The van der Waals surface area contributed by atoms with Gasteiger partial charge in [-0.3, -0.25) is 0 Å². The third-order valence-corrected chi connectivity index (χ3v) is 3.85. The molecule has 5 nitrogen and oxygen atoms in total. The van der Waals surface area contributed by atoms with E-state index in [4.69, 9.17) is 0 Å². The van der Waals surface area contributed by atoms with Gasteiger partial charge in [0.15, 0.2) is 0 Å². The van der Waals surface area contributed by atoms with Crippen LogP contribution in [0.1, 0.15) is 20.3 Å². The zero-order valence-electron chi connectivity index (χ0n) is 9.69. The average molecular weight is 243 g/mol. The van der Waals surface area contributed by atoms with Crippen LogP contribution in [0.5, 0.6) is 0 Å². The number of hydrogen-bond acceptors (Lipinski definition) is 4. The first kappa shape index (κ1) is 12.9. The molecule has 0 bridgehead atoms. The van der Waals surface area contributed by atoms with Crippen molar-refractivity contribution in [3.05, 3.63) is 18.3 Å². The molecule has 0 aliphatic rings. The summed E-state index contributed by atoms with van der Waals surface area (Å²) in [4.78, 5) is 4.15. The summed E-state index contributed by atoms with van der Waals surface area (Å²) < 4.78 is 26.2. The molecule has 16 heavy (non-hydrogen) atoms. The second-order valence-corrected chi connectivity index (χ2v) is 5.27. The SMILES string of the molecule is CCC(C)NS(=O)(=O)c1ccc(NC)nc1. The Hall–Kier alpha value is -1.14. The van der Waals surface area contributed by atoms with Gasteiger partial charge < -0.3 is 5.32 Å². The van der Waals surface area contributed by atoms with Crippen LogP contribution in [0.15, 0.2) is 23.2 Å². The largest absolute Gasteiger partial charge is 0.373 e. The van der Waals surface area contributed by atoms with Crippen molar-refractivity contribution in [2.45, 2.75) is 31.2 Å². The van der Waals surface area contributed by atoms with Crippen LogP contribution in [-0.2, 0) is 10.0 Å². The van der Waals surface area contributed by atoms with Crippen LogP contribution in [-0.4, -0.2) is 26.5 Å². The summed E-state index contributed by atoms with van der Waals surface area (Å²) in [5, 5.41) is 2.83. The van der Waals surface area contributed by atoms with E-state index in [-0.39, 0.29) is 10.9 Å². The number of aromatic nitrogens is 1. The topological polar surface area (TPSA) is 71.1 Å². The van der Waals surface area contributed by atoms with Crippen molar-refractivity contribution in [2.75, 3.05) is 12.4 Å². The molecule has 90 valence electrons. The molecule has 6 heteroatoms. The van der Waals surface area contributed by atoms with Crippen molar-refractivity contribution in [3.8, 4) is 0 Å². The molecular weight excluding hydrogens is 226 g/mol. The third-order valence-electron chi connectivity index (χ3n) is 2.27. The number of nitrogens with one attached hydrogen (secondary N) is 2. The highest BCUT2D eigenvalue weighted by Gasteiger charge is 2.16. The van der Waals surface area contributed by atoms with E-state index in [0.29, 0.717) is 5.82 Å². The lowest BCUT2D eigenvalue weighted by Gasteiger charge is -2.11. The van der Waals surface area contributed by atoms with Crippen LogP contribution in [0.4, 0.5) is 5.82 Å². The second-order valence-electron chi connectivity index (χ2n) is 3.56. The fourth-order valence-corrected chi connectivity index (χ4v) is 2.37. The van der Waals surface area contributed by atoms with E-state index in [1.54, 1.807) is 13.1 Å². The Morgan fingerprint density at radius 2 is 2.12 bits per heavy atom. The number of rotatable bonds is 5. The summed E-state index contributed by atoms with van der Waals surface area (Å²) in [6, 6.07) is 3.09. The van der Waals surface area contributed by atoms with Gasteiger partial charge in [-0.1, -0.05) is 6.92 Å². The molecule has 1 unspecified atom stereocenters. The highest BCUT2D eigenvalue weighted by molar-refractivity contribution is 7.89. The van der Waals surface area contributed by atoms with Gasteiger partial charge in [-0.25, -0.2) is 18.1 Å². The highest BCUT2D eigenvalue weighted by Crippen LogP contribution is 2.10. The summed E-state index contributed by atoms with van der Waals surface area (Å²) in [7, 11) is -1.71. The van der Waals surface area contributed by atoms with E-state index < -0.39 is 10.0 Å². The predicted octanol–water partition coefficient (Wildman–Crippen LogP) is 1.20. The van der Waals surface area contributed by atoms with E-state index in [1.807, 2.05) is 13.8 Å². The molecule has 0 fully saturated rings. The van der Waals surface area contributed by atoms with Gasteiger partial charge in [0, 0.05) is 19.3 Å². The Kier molecular flexibility index (Phi) is 4.26. The van der Waals surface area contributed by atoms with E-state index in [9.17, 15) is 8.42 Å². The van der Waals surface area contributed by atoms with Crippen LogP contribution in [0.3, 0.4) is 0 Å². The van der Waals surface area contributed by atoms with Gasteiger partial charge in [-0.15, -0.1) is 0 Å². The number of nitrogens with zero attached hydrogens (tertiary/aromatic N) is 1. The molecular formula is C10H17N3O2S. The molecule has 1 heterocycles. The Balaban J connectivity index is 2.90. The molecule has 0 spiro atoms. The minimum Gasteiger partial charge on any atom is -0.373 e. The number of pyridine rings is 1. The molecule has 1 rings (SSSR count). The number of sulfonamides is 1. The molecule has 1 aromatic rings. The summed E-state index contributed by atoms with van der Waals surface area (Å²) >= 11 is 0. The molecule has 0 saturated heterocycles. The average Bonchev–Trinajstić information content (AvgIpc) is 2.28. The minimum atomic E-state index is -3.44. The number of anilines is 1. The maximum absolute atomic E-state index is 11.8. The first-order valence-electron chi connectivity index (χ1n) is 5.15. The van der Waals surface area contributed by atoms with Crippen LogP contribution >= 0.6 is 0 Å². The number of hydrogen-bond donors (Lipinski definition) is 2. The van der Waals surface area contributed by atoms with Crippen LogP contribution in [0, 0.1) is 0 Å². The Morgan fingerprint density at radius 3 is 2.56 bits per heavy atom. The first-order chi connectivity index (χ1) is 7.49. The zero-order chi connectivity index (χ0) is 12.2. The lowest BCUT2D eigenvalue weighted by atomic mass is 10.3. The van der Waals surface area contributed by atoms with Crippen LogP contribution in [0.25, 0.3) is 0 Å². The van der Waals surface area contributed by atoms with E-state index >= 15 is 0 Å². The van der Waals surface area contributed by atoms with Gasteiger partial charge in [0.25, 0.3) is 0 Å². The summed E-state index contributed by atoms with van der Waals surface area (Å²) in [6.45, 7) is 3.75. The van der Waals surface area contributed by atoms with Crippen molar-refractivity contribution in [3.63, 3.8) is 0 Å². The standard InChI is InChI=1S/C10H17N3O2S/c1-4-8(2)13-16(14,15)9-5-6-10(11-3)12-7-9/h5-8,13H,4H2,1-3H3,(H,11,12). The molecule has 0 aromatic carbocycles. The van der Waals surface area contributed by atoms with Gasteiger partial charge in [0.05, 0.1) is 0 Å². The Bertz CT molecular complexity index is 428. The van der Waals surface area contributed by atoms with Crippen molar-refractivity contribution >= 4 is 15.8 Å². The van der Waals surface area contributed by atoms with Gasteiger partial charge in [-0.05, 0) is 25.5 Å². The summed E-state index contributed by atoms with van der Waals surface area (Å²) in [6.07, 6.45) is 2.10. The summed E-state index contributed by atoms with van der Waals surface area (Å²) in [5.41, 5.74) is 0. The maximum atomic E-state index is 11.8. The van der Waals surface area contributed by atoms with E-state index in [2.05, 4.69) is 15.0 Å². The molecule has 0 aliphatic heterocycles. The molecule has 1 aromatic heterocycles. The van der Waals surface area contributed by atoms with Crippen molar-refractivity contribution in [1.29, 1.82) is 0 Å². The van der Waals surface area contributed by atoms with Gasteiger partial charge in [0.2, 0.25) is 10.0 Å². The first-order valence-corrected chi connectivity index (χ1v) is 6.64. The van der Waals surface area contributed by atoms with Crippen molar-refractivity contribution < 1.29 is 8.42 Å². The van der Waals surface area contributed by atoms with Gasteiger partial charge in [-0.2, -0.15) is 0 Å². The van der Waals surface area contributed by atoms with Crippen molar-refractivity contribution in [2.24, 2.45) is 0 Å². The van der Waals surface area contributed by atoms with Gasteiger partial charge in [0.1, 0.15) is 10.7 Å². The van der Waals surface area contributed by atoms with E-state index in [0.717, 1.165) is 6.42 Å². The zero-order valence-corrected chi connectivity index (χ0v) is 10.5. The molecule has 0 amide bonds. The minimum absolute atomic E-state index is 0.0750. The van der Waals surface area contributed by atoms with Crippen LogP contribution in [0.2, 0.25) is 0 Å². The van der Waals surface area contributed by atoms with Crippen molar-refractivity contribution in [1.82, 2.24) is 9.71 Å². The Morgan fingerprint density at radius 1 is 1.44 bits per heavy atom. The maximum Gasteiger partial charge on any atom is 0.242 e. The lowest BCUT2D eigenvalue weighted by Crippen LogP contribution is -2.32. The fraction of sp³-hybridized carbons (Fsp3) is 0.500. The second kappa shape index (κ2) is 5.27. The fourth-order valence-electron chi connectivity index (χ4n) is 1.10. The van der Waals surface area contributed by atoms with Gasteiger partial charge >= 0.3 is 0 Å². The quantitative estimate of drug-likeness (QED) is 0.815. The predicted molar refractivity (Wildman–Crippen MR) is 63.9 cm³/mol. The Labute approximate surface area is 96.3 Å². The monoisotopic (exact) mass is 243 g/mol. The molecule has 0 radical (unpaired) electrons. The molecule has 0 saturated carbocycles. The summed E-state index contributed by atoms with van der Waals surface area (Å²) in [5.74, 6) is 0.641. The normalized spacial score (nSPS) is 13.4. The van der Waals surface area contributed by atoms with Crippen LogP contribution < -0.4 is 10.0 Å². The highest BCUT2D eigenvalue weighted by atomic mass is 32.2.